The Morgan fingerprint density at radius 2 is 2.00 bits per heavy atom. The summed E-state index contributed by atoms with van der Waals surface area (Å²) in [4.78, 5) is 19.7. The minimum absolute atomic E-state index is 0.152. The van der Waals surface area contributed by atoms with Crippen LogP contribution in [0.15, 0.2) is 53.9 Å². The molecule has 3 aromatic rings. The summed E-state index contributed by atoms with van der Waals surface area (Å²) in [5, 5.41) is 2.98. The largest absolute Gasteiger partial charge is 0.497 e. The van der Waals surface area contributed by atoms with Crippen molar-refractivity contribution in [3.05, 3.63) is 70.7 Å². The van der Waals surface area contributed by atoms with Crippen molar-refractivity contribution in [2.75, 3.05) is 7.11 Å². The number of methoxy groups -OCH3 is 1. The molecule has 144 valence electrons. The first-order valence-corrected chi connectivity index (χ1v) is 10.4. The predicted molar refractivity (Wildman–Crippen MR) is 113 cm³/mol. The van der Waals surface area contributed by atoms with Gasteiger partial charge < -0.3 is 9.64 Å². The summed E-state index contributed by atoms with van der Waals surface area (Å²) in [6.07, 6.45) is 2.54. The molecule has 1 heterocycles. The number of carbonyl (C=O) groups excluding carboxylic acids is 1. The highest BCUT2D eigenvalue weighted by Gasteiger charge is 2.32. The average molecular weight is 393 g/mol. The number of carbonyl (C=O) groups is 1. The SMILES string of the molecule is COc1ccc(CN(C(=O)Cc2csc(-c3cccc(C)c3)n2)C2CC2)cc1. The number of aryl methyl sites for hydroxylation is 1. The summed E-state index contributed by atoms with van der Waals surface area (Å²) >= 11 is 1.60. The molecule has 0 saturated heterocycles. The van der Waals surface area contributed by atoms with Gasteiger partial charge in [-0.05, 0) is 43.5 Å². The van der Waals surface area contributed by atoms with E-state index < -0.39 is 0 Å². The van der Waals surface area contributed by atoms with Gasteiger partial charge >= 0.3 is 0 Å². The van der Waals surface area contributed by atoms with E-state index in [2.05, 4.69) is 25.1 Å². The van der Waals surface area contributed by atoms with Gasteiger partial charge in [-0.15, -0.1) is 11.3 Å². The Bertz CT molecular complexity index is 961. The molecule has 0 N–H and O–H groups in total. The first-order chi connectivity index (χ1) is 13.6. The number of hydrogen-bond donors (Lipinski definition) is 0. The number of aromatic nitrogens is 1. The molecule has 0 spiro atoms. The topological polar surface area (TPSA) is 42.4 Å². The van der Waals surface area contributed by atoms with Crippen LogP contribution in [0.1, 0.15) is 29.7 Å². The fourth-order valence-corrected chi connectivity index (χ4v) is 4.11. The number of hydrogen-bond acceptors (Lipinski definition) is 4. The van der Waals surface area contributed by atoms with Crippen LogP contribution in [-0.4, -0.2) is 28.9 Å². The van der Waals surface area contributed by atoms with Gasteiger partial charge in [-0.3, -0.25) is 4.79 Å². The minimum Gasteiger partial charge on any atom is -0.497 e. The van der Waals surface area contributed by atoms with Crippen LogP contribution in [-0.2, 0) is 17.8 Å². The zero-order valence-electron chi connectivity index (χ0n) is 16.2. The van der Waals surface area contributed by atoms with E-state index in [1.165, 1.54) is 5.56 Å². The van der Waals surface area contributed by atoms with E-state index in [0.717, 1.165) is 40.4 Å². The normalized spacial score (nSPS) is 13.4. The molecule has 28 heavy (non-hydrogen) atoms. The number of nitrogens with zero attached hydrogens (tertiary/aromatic N) is 2. The summed E-state index contributed by atoms with van der Waals surface area (Å²) in [5.41, 5.74) is 4.30. The highest BCUT2D eigenvalue weighted by atomic mass is 32.1. The van der Waals surface area contributed by atoms with E-state index in [0.29, 0.717) is 19.0 Å². The van der Waals surface area contributed by atoms with Crippen LogP contribution in [0.2, 0.25) is 0 Å². The smallest absolute Gasteiger partial charge is 0.229 e. The second-order valence-electron chi connectivity index (χ2n) is 7.29. The number of rotatable bonds is 7. The first kappa shape index (κ1) is 18.7. The van der Waals surface area contributed by atoms with Crippen LogP contribution in [0.4, 0.5) is 0 Å². The lowest BCUT2D eigenvalue weighted by Crippen LogP contribution is -2.33. The Kier molecular flexibility index (Phi) is 5.44. The van der Waals surface area contributed by atoms with E-state index >= 15 is 0 Å². The second kappa shape index (κ2) is 8.15. The Labute approximate surface area is 169 Å². The number of ether oxygens (including phenoxy) is 1. The molecule has 1 fully saturated rings. The Morgan fingerprint density at radius 3 is 2.68 bits per heavy atom. The van der Waals surface area contributed by atoms with Gasteiger partial charge in [-0.25, -0.2) is 4.98 Å². The lowest BCUT2D eigenvalue weighted by Gasteiger charge is -2.22. The summed E-state index contributed by atoms with van der Waals surface area (Å²) in [5.74, 6) is 0.985. The number of thiazole rings is 1. The Morgan fingerprint density at radius 1 is 1.21 bits per heavy atom. The third kappa shape index (κ3) is 4.42. The van der Waals surface area contributed by atoms with E-state index in [1.807, 2.05) is 40.6 Å². The fraction of sp³-hybridized carbons (Fsp3) is 0.304. The molecule has 5 heteroatoms. The second-order valence-corrected chi connectivity index (χ2v) is 8.15. The fourth-order valence-electron chi connectivity index (χ4n) is 3.29. The van der Waals surface area contributed by atoms with Crippen molar-refractivity contribution in [1.82, 2.24) is 9.88 Å². The number of amides is 1. The zero-order chi connectivity index (χ0) is 19.5. The van der Waals surface area contributed by atoms with Crippen molar-refractivity contribution in [3.63, 3.8) is 0 Å². The van der Waals surface area contributed by atoms with Gasteiger partial charge in [0, 0.05) is 23.5 Å². The van der Waals surface area contributed by atoms with Crippen LogP contribution in [0.3, 0.4) is 0 Å². The van der Waals surface area contributed by atoms with E-state index in [4.69, 9.17) is 9.72 Å². The van der Waals surface area contributed by atoms with Gasteiger partial charge in [0.05, 0.1) is 19.2 Å². The van der Waals surface area contributed by atoms with E-state index in [1.54, 1.807) is 18.4 Å². The molecule has 1 amide bonds. The third-order valence-electron chi connectivity index (χ3n) is 4.97. The molecule has 2 aromatic carbocycles. The molecule has 1 aliphatic carbocycles. The summed E-state index contributed by atoms with van der Waals surface area (Å²) < 4.78 is 5.22. The Balaban J connectivity index is 1.45. The van der Waals surface area contributed by atoms with Crippen LogP contribution < -0.4 is 4.74 Å². The van der Waals surface area contributed by atoms with E-state index in [9.17, 15) is 4.79 Å². The highest BCUT2D eigenvalue weighted by Crippen LogP contribution is 2.30. The highest BCUT2D eigenvalue weighted by molar-refractivity contribution is 7.13. The zero-order valence-corrected chi connectivity index (χ0v) is 17.0. The van der Waals surface area contributed by atoms with Crippen molar-refractivity contribution in [1.29, 1.82) is 0 Å². The van der Waals surface area contributed by atoms with Crippen molar-refractivity contribution in [3.8, 4) is 16.3 Å². The number of benzene rings is 2. The maximum absolute atomic E-state index is 13.0. The van der Waals surface area contributed by atoms with Gasteiger partial charge in [0.25, 0.3) is 0 Å². The molecule has 1 aliphatic rings. The lowest BCUT2D eigenvalue weighted by atomic mass is 10.1. The Hall–Kier alpha value is -2.66. The molecule has 0 atom stereocenters. The monoisotopic (exact) mass is 392 g/mol. The molecule has 0 bridgehead atoms. The molecule has 1 saturated carbocycles. The first-order valence-electron chi connectivity index (χ1n) is 9.56. The average Bonchev–Trinajstić information content (AvgIpc) is 3.44. The van der Waals surface area contributed by atoms with E-state index in [-0.39, 0.29) is 5.91 Å². The van der Waals surface area contributed by atoms with Gasteiger partial charge in [0.1, 0.15) is 10.8 Å². The molecule has 4 nitrogen and oxygen atoms in total. The van der Waals surface area contributed by atoms with Gasteiger partial charge in [0.2, 0.25) is 5.91 Å². The molecule has 4 rings (SSSR count). The third-order valence-corrected chi connectivity index (χ3v) is 5.91. The standard InChI is InChI=1S/C23H24N2O2S/c1-16-4-3-5-18(12-16)23-24-19(15-28-23)13-22(26)25(20-8-9-20)14-17-6-10-21(27-2)11-7-17/h3-7,10-12,15,20H,8-9,13-14H2,1-2H3. The van der Waals surface area contributed by atoms with Crippen LogP contribution >= 0.6 is 11.3 Å². The summed E-state index contributed by atoms with van der Waals surface area (Å²) in [7, 11) is 1.66. The van der Waals surface area contributed by atoms with Crippen molar-refractivity contribution >= 4 is 17.2 Å². The molecule has 0 unspecified atom stereocenters. The molecular formula is C23H24N2O2S. The molecule has 0 aliphatic heterocycles. The lowest BCUT2D eigenvalue weighted by molar-refractivity contribution is -0.131. The van der Waals surface area contributed by atoms with Crippen molar-refractivity contribution in [2.45, 2.75) is 38.8 Å². The van der Waals surface area contributed by atoms with Crippen molar-refractivity contribution < 1.29 is 9.53 Å². The maximum atomic E-state index is 13.0. The maximum Gasteiger partial charge on any atom is 0.229 e. The summed E-state index contributed by atoms with van der Waals surface area (Å²) in [6.45, 7) is 2.72. The quantitative estimate of drug-likeness (QED) is 0.577. The molecule has 1 aromatic heterocycles. The predicted octanol–water partition coefficient (Wildman–Crippen LogP) is 4.86. The van der Waals surface area contributed by atoms with Crippen LogP contribution in [0.5, 0.6) is 5.75 Å². The van der Waals surface area contributed by atoms with Gasteiger partial charge in [0.15, 0.2) is 0 Å². The molecular weight excluding hydrogens is 368 g/mol. The van der Waals surface area contributed by atoms with Crippen LogP contribution in [0.25, 0.3) is 10.6 Å². The minimum atomic E-state index is 0.152. The van der Waals surface area contributed by atoms with Gasteiger partial charge in [-0.2, -0.15) is 0 Å². The molecule has 0 radical (unpaired) electrons. The summed E-state index contributed by atoms with van der Waals surface area (Å²) in [6, 6.07) is 16.6. The van der Waals surface area contributed by atoms with Crippen LogP contribution in [0, 0.1) is 6.92 Å². The van der Waals surface area contributed by atoms with Crippen molar-refractivity contribution in [2.24, 2.45) is 0 Å². The van der Waals surface area contributed by atoms with Gasteiger partial charge in [-0.1, -0.05) is 35.9 Å².